The smallest absolute Gasteiger partial charge is 0.243 e. The van der Waals surface area contributed by atoms with E-state index < -0.39 is 15.6 Å². The van der Waals surface area contributed by atoms with E-state index in [0.29, 0.717) is 42.5 Å². The van der Waals surface area contributed by atoms with E-state index in [2.05, 4.69) is 10.1 Å². The van der Waals surface area contributed by atoms with Crippen LogP contribution in [-0.2, 0) is 15.6 Å². The summed E-state index contributed by atoms with van der Waals surface area (Å²) in [4.78, 5) is 4.90. The van der Waals surface area contributed by atoms with E-state index in [4.69, 9.17) is 10.3 Å². The van der Waals surface area contributed by atoms with Crippen LogP contribution < -0.4 is 5.73 Å². The fourth-order valence-electron chi connectivity index (χ4n) is 3.92. The van der Waals surface area contributed by atoms with E-state index >= 15 is 0 Å². The van der Waals surface area contributed by atoms with Crippen molar-refractivity contribution in [1.82, 2.24) is 14.4 Å². The van der Waals surface area contributed by atoms with Crippen LogP contribution in [0.5, 0.6) is 0 Å². The molecule has 2 N–H and O–H groups in total. The molecule has 140 valence electrons. The lowest BCUT2D eigenvalue weighted by Crippen LogP contribution is -2.38. The lowest BCUT2D eigenvalue weighted by molar-refractivity contribution is 0.268. The van der Waals surface area contributed by atoms with Crippen molar-refractivity contribution in [1.29, 1.82) is 0 Å². The largest absolute Gasteiger partial charge is 0.339 e. The second kappa shape index (κ2) is 6.75. The summed E-state index contributed by atoms with van der Waals surface area (Å²) in [6, 6.07) is 8.56. The highest BCUT2D eigenvalue weighted by Gasteiger charge is 2.38. The zero-order valence-electron chi connectivity index (χ0n) is 14.7. The molecule has 0 spiro atoms. The average Bonchev–Trinajstić information content (AvgIpc) is 3.33. The molecule has 1 aromatic carbocycles. The van der Waals surface area contributed by atoms with Gasteiger partial charge in [0.25, 0.3) is 0 Å². The van der Waals surface area contributed by atoms with Crippen LogP contribution in [0.4, 0.5) is 0 Å². The van der Waals surface area contributed by atoms with E-state index in [9.17, 15) is 8.42 Å². The molecule has 1 saturated carbocycles. The fourth-order valence-corrected chi connectivity index (χ4v) is 5.41. The van der Waals surface area contributed by atoms with Crippen molar-refractivity contribution in [3.63, 3.8) is 0 Å². The molecule has 0 unspecified atom stereocenters. The summed E-state index contributed by atoms with van der Waals surface area (Å²) in [7, 11) is -3.44. The number of nitrogens with zero attached hydrogens (tertiary/aromatic N) is 3. The zero-order chi connectivity index (χ0) is 18.2. The third-order valence-corrected chi connectivity index (χ3v) is 7.48. The van der Waals surface area contributed by atoms with Crippen LogP contribution in [0.15, 0.2) is 39.8 Å². The summed E-state index contributed by atoms with van der Waals surface area (Å²) < 4.78 is 32.4. The van der Waals surface area contributed by atoms with Crippen LogP contribution in [0.3, 0.4) is 0 Å². The minimum Gasteiger partial charge on any atom is -0.339 e. The Hall–Kier alpha value is -1.77. The number of nitrogens with two attached hydrogens (primary N) is 1. The van der Waals surface area contributed by atoms with Gasteiger partial charge in [0.2, 0.25) is 15.9 Å². The minimum atomic E-state index is -3.44. The summed E-state index contributed by atoms with van der Waals surface area (Å²) in [6.07, 6.45) is 5.31. The number of rotatable bonds is 4. The number of hydrogen-bond acceptors (Lipinski definition) is 6. The lowest BCUT2D eigenvalue weighted by Gasteiger charge is -2.29. The molecule has 1 saturated heterocycles. The summed E-state index contributed by atoms with van der Waals surface area (Å²) in [5.74, 6) is 1.28. The van der Waals surface area contributed by atoms with Crippen LogP contribution in [-0.4, -0.2) is 36.0 Å². The average molecular weight is 376 g/mol. The topological polar surface area (TPSA) is 102 Å². The van der Waals surface area contributed by atoms with Gasteiger partial charge in [0.15, 0.2) is 5.82 Å². The molecular weight excluding hydrogens is 352 g/mol. The number of aromatic nitrogens is 2. The van der Waals surface area contributed by atoms with Crippen molar-refractivity contribution in [2.24, 2.45) is 5.73 Å². The van der Waals surface area contributed by atoms with Crippen molar-refractivity contribution in [2.45, 2.75) is 54.9 Å². The molecular formula is C18H24N4O3S. The molecule has 2 aromatic rings. The third kappa shape index (κ3) is 3.17. The highest BCUT2D eigenvalue weighted by Crippen LogP contribution is 2.36. The molecule has 2 fully saturated rings. The molecule has 0 amide bonds. The van der Waals surface area contributed by atoms with E-state index in [0.717, 1.165) is 25.7 Å². The normalized spacial score (nSPS) is 21.9. The van der Waals surface area contributed by atoms with Gasteiger partial charge in [0.1, 0.15) is 0 Å². The van der Waals surface area contributed by atoms with Crippen molar-refractivity contribution < 1.29 is 12.9 Å². The highest BCUT2D eigenvalue weighted by molar-refractivity contribution is 7.89. The molecule has 1 aliphatic heterocycles. The first-order valence-electron chi connectivity index (χ1n) is 9.17. The van der Waals surface area contributed by atoms with Gasteiger partial charge in [-0.15, -0.1) is 0 Å². The lowest BCUT2D eigenvalue weighted by atomic mass is 9.97. The Bertz CT molecular complexity index is 852. The first-order valence-corrected chi connectivity index (χ1v) is 10.6. The molecule has 0 atom stereocenters. The Kier molecular flexibility index (Phi) is 4.58. The van der Waals surface area contributed by atoms with Crippen molar-refractivity contribution in [3.05, 3.63) is 42.0 Å². The summed E-state index contributed by atoms with van der Waals surface area (Å²) in [5.41, 5.74) is 5.94. The molecule has 7 nitrogen and oxygen atoms in total. The Labute approximate surface area is 153 Å². The predicted molar refractivity (Wildman–Crippen MR) is 95.8 cm³/mol. The van der Waals surface area contributed by atoms with E-state index in [1.54, 1.807) is 24.3 Å². The number of sulfonamides is 1. The van der Waals surface area contributed by atoms with Crippen molar-refractivity contribution in [2.75, 3.05) is 13.1 Å². The third-order valence-electron chi connectivity index (χ3n) is 5.57. The van der Waals surface area contributed by atoms with Gasteiger partial charge in [-0.2, -0.15) is 9.29 Å². The van der Waals surface area contributed by atoms with Gasteiger partial charge >= 0.3 is 0 Å². The Balaban J connectivity index is 1.44. The van der Waals surface area contributed by atoms with Gasteiger partial charge < -0.3 is 10.3 Å². The molecule has 2 heterocycles. The van der Waals surface area contributed by atoms with Crippen LogP contribution >= 0.6 is 0 Å². The second-order valence-electron chi connectivity index (χ2n) is 7.31. The first-order chi connectivity index (χ1) is 12.5. The number of benzene rings is 1. The highest BCUT2D eigenvalue weighted by atomic mass is 32.2. The summed E-state index contributed by atoms with van der Waals surface area (Å²) in [5, 5.41) is 4.12. The van der Waals surface area contributed by atoms with E-state index in [1.807, 2.05) is 6.07 Å². The van der Waals surface area contributed by atoms with E-state index in [-0.39, 0.29) is 5.92 Å². The number of piperidine rings is 1. The first kappa shape index (κ1) is 17.6. The fraction of sp³-hybridized carbons (Fsp3) is 0.556. The second-order valence-corrected chi connectivity index (χ2v) is 9.25. The van der Waals surface area contributed by atoms with Crippen molar-refractivity contribution >= 4 is 10.0 Å². The van der Waals surface area contributed by atoms with E-state index in [1.165, 1.54) is 4.31 Å². The molecule has 1 aromatic heterocycles. The minimum absolute atomic E-state index is 0.0866. The molecule has 4 rings (SSSR count). The van der Waals surface area contributed by atoms with Crippen LogP contribution in [0.1, 0.15) is 56.2 Å². The maximum absolute atomic E-state index is 12.7. The summed E-state index contributed by atoms with van der Waals surface area (Å²) in [6.45, 7) is 0.904. The molecule has 26 heavy (non-hydrogen) atoms. The molecule has 0 bridgehead atoms. The van der Waals surface area contributed by atoms with Gasteiger partial charge in [-0.3, -0.25) is 0 Å². The van der Waals surface area contributed by atoms with Crippen LogP contribution in [0.2, 0.25) is 0 Å². The maximum Gasteiger partial charge on any atom is 0.243 e. The Morgan fingerprint density at radius 2 is 1.77 bits per heavy atom. The molecule has 8 heteroatoms. The molecule has 0 radical (unpaired) electrons. The number of hydrogen-bond donors (Lipinski definition) is 1. The molecule has 1 aliphatic carbocycles. The SMILES string of the molecule is NC1(c2noc(C3CCN(S(=O)(=O)c4ccccc4)CC3)n2)CCCC1. The van der Waals surface area contributed by atoms with Crippen LogP contribution in [0.25, 0.3) is 0 Å². The van der Waals surface area contributed by atoms with Gasteiger partial charge in [0.05, 0.1) is 10.4 Å². The maximum atomic E-state index is 12.7. The predicted octanol–water partition coefficient (Wildman–Crippen LogP) is 2.37. The van der Waals surface area contributed by atoms with Gasteiger partial charge in [0, 0.05) is 19.0 Å². The van der Waals surface area contributed by atoms with Crippen LogP contribution in [0, 0.1) is 0 Å². The Morgan fingerprint density at radius 1 is 1.12 bits per heavy atom. The van der Waals surface area contributed by atoms with Crippen molar-refractivity contribution in [3.8, 4) is 0 Å². The van der Waals surface area contributed by atoms with Gasteiger partial charge in [-0.25, -0.2) is 8.42 Å². The zero-order valence-corrected chi connectivity index (χ0v) is 15.5. The quantitative estimate of drug-likeness (QED) is 0.879. The Morgan fingerprint density at radius 3 is 2.42 bits per heavy atom. The summed E-state index contributed by atoms with van der Waals surface area (Å²) >= 11 is 0. The molecule has 2 aliphatic rings. The van der Waals surface area contributed by atoms with Gasteiger partial charge in [-0.1, -0.05) is 36.2 Å². The standard InChI is InChI=1S/C18H24N4O3S/c19-18(10-4-5-11-18)17-20-16(25-21-17)14-8-12-22(13-9-14)26(23,24)15-6-2-1-3-7-15/h1-3,6-7,14H,4-5,8-13,19H2. The van der Waals surface area contributed by atoms with Gasteiger partial charge in [-0.05, 0) is 37.8 Å². The monoisotopic (exact) mass is 376 g/mol.